The van der Waals surface area contributed by atoms with E-state index in [2.05, 4.69) is 4.72 Å². The van der Waals surface area contributed by atoms with Gasteiger partial charge in [0, 0.05) is 16.5 Å². The summed E-state index contributed by atoms with van der Waals surface area (Å²) in [5.41, 5.74) is 1.62. The fourth-order valence-electron chi connectivity index (χ4n) is 3.32. The van der Waals surface area contributed by atoms with Crippen molar-refractivity contribution in [1.29, 1.82) is 0 Å². The van der Waals surface area contributed by atoms with Gasteiger partial charge in [-0.15, -0.1) is 0 Å². The van der Waals surface area contributed by atoms with E-state index in [9.17, 15) is 23.4 Å². The number of aromatic carboxylic acids is 1. The van der Waals surface area contributed by atoms with E-state index in [4.69, 9.17) is 0 Å². The van der Waals surface area contributed by atoms with E-state index in [0.29, 0.717) is 5.69 Å². The van der Waals surface area contributed by atoms with Crippen LogP contribution in [-0.2, 0) is 10.0 Å². The molecule has 0 aliphatic heterocycles. The quantitative estimate of drug-likeness (QED) is 0.435. The molecule has 6 nitrogen and oxygen atoms in total. The summed E-state index contributed by atoms with van der Waals surface area (Å²) in [4.78, 5) is 11.3. The van der Waals surface area contributed by atoms with Gasteiger partial charge in [-0.05, 0) is 29.3 Å². The molecule has 0 aromatic heterocycles. The zero-order valence-corrected chi connectivity index (χ0v) is 16.4. The van der Waals surface area contributed by atoms with Crippen LogP contribution in [-0.4, -0.2) is 24.6 Å². The third-order valence-electron chi connectivity index (χ3n) is 4.72. The van der Waals surface area contributed by atoms with E-state index < -0.39 is 27.3 Å². The molecule has 150 valence electrons. The van der Waals surface area contributed by atoms with Crippen LogP contribution >= 0.6 is 0 Å². The van der Waals surface area contributed by atoms with Crippen LogP contribution in [0.1, 0.15) is 10.4 Å². The average Bonchev–Trinajstić information content (AvgIpc) is 2.74. The van der Waals surface area contributed by atoms with Crippen LogP contribution in [0, 0.1) is 0 Å². The molecule has 0 saturated heterocycles. The van der Waals surface area contributed by atoms with Crippen LogP contribution in [0.2, 0.25) is 0 Å². The van der Waals surface area contributed by atoms with Crippen molar-refractivity contribution in [2.75, 3.05) is 4.72 Å². The lowest BCUT2D eigenvalue weighted by Crippen LogP contribution is -2.14. The van der Waals surface area contributed by atoms with Crippen molar-refractivity contribution >= 4 is 32.5 Å². The number of sulfonamides is 1. The number of carboxylic acids is 1. The minimum absolute atomic E-state index is 0.149. The molecule has 30 heavy (non-hydrogen) atoms. The summed E-state index contributed by atoms with van der Waals surface area (Å²) in [6.45, 7) is 0. The van der Waals surface area contributed by atoms with Crippen LogP contribution in [0.5, 0.6) is 5.75 Å². The first-order valence-corrected chi connectivity index (χ1v) is 10.5. The Hall–Kier alpha value is -3.84. The van der Waals surface area contributed by atoms with Crippen molar-refractivity contribution in [2.45, 2.75) is 4.90 Å². The number of hydrogen-bond acceptors (Lipinski definition) is 4. The molecule has 0 radical (unpaired) electrons. The third-order valence-corrected chi connectivity index (χ3v) is 6.14. The Morgan fingerprint density at radius 1 is 0.767 bits per heavy atom. The molecular formula is C23H17NO5S. The first kappa shape index (κ1) is 19.5. The molecule has 0 unspecified atom stereocenters. The van der Waals surface area contributed by atoms with E-state index in [1.165, 1.54) is 12.1 Å². The lowest BCUT2D eigenvalue weighted by molar-refractivity contribution is 0.0694. The smallest absolute Gasteiger partial charge is 0.339 e. The summed E-state index contributed by atoms with van der Waals surface area (Å²) in [6, 6.07) is 23.6. The summed E-state index contributed by atoms with van der Waals surface area (Å²) in [6.07, 6.45) is 0. The number of carboxylic acid groups (broad SMARTS) is 1. The van der Waals surface area contributed by atoms with Crippen molar-refractivity contribution in [2.24, 2.45) is 0 Å². The second-order valence-corrected chi connectivity index (χ2v) is 8.32. The number of nitrogens with one attached hydrogen (secondary N) is 1. The van der Waals surface area contributed by atoms with Gasteiger partial charge in [-0.1, -0.05) is 66.7 Å². The zero-order chi connectivity index (χ0) is 21.3. The molecule has 0 saturated carbocycles. The summed E-state index contributed by atoms with van der Waals surface area (Å²) < 4.78 is 28.8. The topological polar surface area (TPSA) is 104 Å². The van der Waals surface area contributed by atoms with Crippen molar-refractivity contribution in [3.05, 3.63) is 90.5 Å². The van der Waals surface area contributed by atoms with Crippen LogP contribution in [0.15, 0.2) is 89.8 Å². The molecule has 3 N–H and O–H groups in total. The Balaban J connectivity index is 1.81. The first-order chi connectivity index (χ1) is 14.4. The number of benzene rings is 4. The molecule has 0 fully saturated rings. The van der Waals surface area contributed by atoms with Gasteiger partial charge in [-0.25, -0.2) is 13.2 Å². The minimum atomic E-state index is -4.14. The molecule has 4 aromatic carbocycles. The third kappa shape index (κ3) is 3.58. The van der Waals surface area contributed by atoms with Crippen LogP contribution < -0.4 is 4.72 Å². The Morgan fingerprint density at radius 3 is 2.10 bits per heavy atom. The lowest BCUT2D eigenvalue weighted by atomic mass is 10.1. The zero-order valence-electron chi connectivity index (χ0n) is 15.6. The largest absolute Gasteiger partial charge is 0.506 e. The van der Waals surface area contributed by atoms with Gasteiger partial charge in [-0.3, -0.25) is 4.72 Å². The van der Waals surface area contributed by atoms with E-state index in [1.54, 1.807) is 30.3 Å². The van der Waals surface area contributed by atoms with Gasteiger partial charge < -0.3 is 10.2 Å². The molecule has 4 rings (SSSR count). The summed E-state index contributed by atoms with van der Waals surface area (Å²) in [7, 11) is -4.14. The molecule has 0 spiro atoms. The van der Waals surface area contributed by atoms with Gasteiger partial charge >= 0.3 is 5.97 Å². The highest BCUT2D eigenvalue weighted by Crippen LogP contribution is 2.35. The number of rotatable bonds is 5. The highest BCUT2D eigenvalue weighted by Gasteiger charge is 2.24. The maximum Gasteiger partial charge on any atom is 0.339 e. The van der Waals surface area contributed by atoms with Gasteiger partial charge in [0.05, 0.1) is 4.90 Å². The molecule has 0 atom stereocenters. The van der Waals surface area contributed by atoms with Crippen LogP contribution in [0.4, 0.5) is 5.69 Å². The number of carbonyl (C=O) groups is 1. The Kier molecular flexibility index (Phi) is 4.89. The van der Waals surface area contributed by atoms with Crippen LogP contribution in [0.3, 0.4) is 0 Å². The monoisotopic (exact) mass is 419 g/mol. The SMILES string of the molecule is O=C(O)c1cc(S(=O)(=O)Nc2cccc(-c3ccccc3)c2)c2ccccc2c1O. The molecule has 4 aromatic rings. The van der Waals surface area contributed by atoms with Crippen molar-refractivity contribution in [3.8, 4) is 16.9 Å². The van der Waals surface area contributed by atoms with Gasteiger partial charge in [0.25, 0.3) is 10.0 Å². The summed E-state index contributed by atoms with van der Waals surface area (Å²) in [5, 5.41) is 20.0. The molecular weight excluding hydrogens is 402 g/mol. The molecule has 0 bridgehead atoms. The molecule has 0 heterocycles. The predicted molar refractivity (Wildman–Crippen MR) is 115 cm³/mol. The molecule has 0 aliphatic carbocycles. The van der Waals surface area contributed by atoms with Crippen molar-refractivity contribution < 1.29 is 23.4 Å². The highest BCUT2D eigenvalue weighted by atomic mass is 32.2. The Bertz CT molecular complexity index is 1370. The maximum atomic E-state index is 13.2. The van der Waals surface area contributed by atoms with Gasteiger partial charge in [0.15, 0.2) is 0 Å². The summed E-state index contributed by atoms with van der Waals surface area (Å²) >= 11 is 0. The maximum absolute atomic E-state index is 13.2. The van der Waals surface area contributed by atoms with Gasteiger partial charge in [0.1, 0.15) is 11.3 Å². The fourth-order valence-corrected chi connectivity index (χ4v) is 4.60. The van der Waals surface area contributed by atoms with Gasteiger partial charge in [-0.2, -0.15) is 0 Å². The first-order valence-electron chi connectivity index (χ1n) is 9.03. The van der Waals surface area contributed by atoms with E-state index >= 15 is 0 Å². The Labute approximate surface area is 173 Å². The number of fused-ring (bicyclic) bond motifs is 1. The minimum Gasteiger partial charge on any atom is -0.506 e. The highest BCUT2D eigenvalue weighted by molar-refractivity contribution is 7.93. The number of hydrogen-bond donors (Lipinski definition) is 3. The molecule has 0 amide bonds. The van der Waals surface area contributed by atoms with Gasteiger partial charge in [0.2, 0.25) is 0 Å². The van der Waals surface area contributed by atoms with E-state index in [-0.39, 0.29) is 15.7 Å². The molecule has 0 aliphatic rings. The van der Waals surface area contributed by atoms with Crippen LogP contribution in [0.25, 0.3) is 21.9 Å². The van der Waals surface area contributed by atoms with E-state index in [0.717, 1.165) is 17.2 Å². The number of anilines is 1. The lowest BCUT2D eigenvalue weighted by Gasteiger charge is -2.14. The predicted octanol–water partition coefficient (Wildman–Crippen LogP) is 4.71. The standard InChI is InChI=1S/C23H17NO5S/c25-22-19-12-5-4-11-18(19)21(14-20(22)23(26)27)30(28,29)24-17-10-6-9-16(13-17)15-7-2-1-3-8-15/h1-14,24-25H,(H,26,27). The number of phenols is 1. The van der Waals surface area contributed by atoms with Crippen molar-refractivity contribution in [1.82, 2.24) is 0 Å². The second kappa shape index (κ2) is 7.53. The average molecular weight is 419 g/mol. The van der Waals surface area contributed by atoms with E-state index in [1.807, 2.05) is 36.4 Å². The van der Waals surface area contributed by atoms with Crippen molar-refractivity contribution in [3.63, 3.8) is 0 Å². The number of aromatic hydroxyl groups is 1. The molecule has 7 heteroatoms. The summed E-state index contributed by atoms with van der Waals surface area (Å²) in [5.74, 6) is -1.89. The Morgan fingerprint density at radius 2 is 1.40 bits per heavy atom. The normalized spacial score (nSPS) is 11.3. The second-order valence-electron chi connectivity index (χ2n) is 6.67. The fraction of sp³-hybridized carbons (Fsp3) is 0.